The summed E-state index contributed by atoms with van der Waals surface area (Å²) in [7, 11) is 0. The van der Waals surface area contributed by atoms with Crippen LogP contribution in [-0.4, -0.2) is 19.9 Å². The minimum absolute atomic E-state index is 0.0683. The van der Waals surface area contributed by atoms with Crippen LogP contribution in [0.3, 0.4) is 0 Å². The van der Waals surface area contributed by atoms with E-state index in [1.807, 2.05) is 78.9 Å². The molecule has 0 atom stereocenters. The number of aromatic nitrogens is 4. The van der Waals surface area contributed by atoms with E-state index in [9.17, 15) is 4.79 Å². The molecule has 170 valence electrons. The Morgan fingerprint density at radius 2 is 1.19 bits per heavy atom. The first-order valence-corrected chi connectivity index (χ1v) is 12.2. The van der Waals surface area contributed by atoms with Crippen LogP contribution in [0.15, 0.2) is 106 Å². The summed E-state index contributed by atoms with van der Waals surface area (Å²) in [5.41, 5.74) is 3.52. The summed E-state index contributed by atoms with van der Waals surface area (Å²) < 4.78 is 6.93. The molecule has 3 heterocycles. The lowest BCUT2D eigenvalue weighted by atomic mass is 10.1. The van der Waals surface area contributed by atoms with E-state index in [4.69, 9.17) is 24.4 Å². The van der Waals surface area contributed by atoms with Gasteiger partial charge in [0, 0.05) is 17.2 Å². The van der Waals surface area contributed by atoms with Gasteiger partial charge in [-0.3, -0.25) is 4.79 Å². The SMILES string of the molecule is O=c1c2ccccc2oc2cc3sc(-c4nc(-c5ccccc5)nc(-c5ccccc5)n4)nc3cc12. The molecule has 0 saturated carbocycles. The number of hydrogen-bond acceptors (Lipinski definition) is 7. The Hall–Kier alpha value is -4.75. The normalized spacial score (nSPS) is 11.4. The van der Waals surface area contributed by atoms with E-state index in [0.717, 1.165) is 15.8 Å². The van der Waals surface area contributed by atoms with Crippen molar-refractivity contribution in [3.63, 3.8) is 0 Å². The lowest BCUT2D eigenvalue weighted by Crippen LogP contribution is -2.01. The Morgan fingerprint density at radius 3 is 1.89 bits per heavy atom. The smallest absolute Gasteiger partial charge is 0.200 e. The molecule has 0 fully saturated rings. The molecule has 0 unspecified atom stereocenters. The molecule has 0 spiro atoms. The van der Waals surface area contributed by atoms with Crippen molar-refractivity contribution >= 4 is 43.5 Å². The zero-order chi connectivity index (χ0) is 24.1. The summed E-state index contributed by atoms with van der Waals surface area (Å²) in [6.45, 7) is 0. The average molecular weight is 485 g/mol. The zero-order valence-electron chi connectivity index (χ0n) is 18.8. The van der Waals surface area contributed by atoms with Crippen LogP contribution < -0.4 is 5.43 Å². The van der Waals surface area contributed by atoms with E-state index < -0.39 is 0 Å². The molecule has 0 amide bonds. The van der Waals surface area contributed by atoms with E-state index in [0.29, 0.717) is 49.9 Å². The molecule has 36 heavy (non-hydrogen) atoms. The van der Waals surface area contributed by atoms with Gasteiger partial charge in [0.05, 0.1) is 21.0 Å². The first kappa shape index (κ1) is 20.6. The number of hydrogen-bond donors (Lipinski definition) is 0. The Labute approximate surface area is 208 Å². The number of rotatable bonds is 3. The predicted molar refractivity (Wildman–Crippen MR) is 143 cm³/mol. The highest BCUT2D eigenvalue weighted by Crippen LogP contribution is 2.33. The van der Waals surface area contributed by atoms with Gasteiger partial charge in [-0.15, -0.1) is 11.3 Å². The predicted octanol–water partition coefficient (Wildman–Crippen LogP) is 6.74. The summed E-state index contributed by atoms with van der Waals surface area (Å²) in [5.74, 6) is 1.64. The Bertz CT molecular complexity index is 1910. The lowest BCUT2D eigenvalue weighted by molar-refractivity contribution is 0.660. The van der Waals surface area contributed by atoms with Crippen LogP contribution >= 0.6 is 11.3 Å². The molecule has 7 rings (SSSR count). The third kappa shape index (κ3) is 3.45. The maximum absolute atomic E-state index is 13.1. The number of nitrogens with zero attached hydrogens (tertiary/aromatic N) is 4. The first-order chi connectivity index (χ1) is 17.7. The van der Waals surface area contributed by atoms with E-state index in [-0.39, 0.29) is 5.43 Å². The van der Waals surface area contributed by atoms with Crippen molar-refractivity contribution in [2.24, 2.45) is 0 Å². The summed E-state index contributed by atoms with van der Waals surface area (Å²) in [5, 5.41) is 1.70. The molecular weight excluding hydrogens is 468 g/mol. The Morgan fingerprint density at radius 1 is 0.583 bits per heavy atom. The molecular formula is C29H16N4O2S. The van der Waals surface area contributed by atoms with Crippen molar-refractivity contribution in [1.82, 2.24) is 19.9 Å². The van der Waals surface area contributed by atoms with E-state index in [1.54, 1.807) is 18.2 Å². The van der Waals surface area contributed by atoms with Crippen LogP contribution in [0.1, 0.15) is 0 Å². The first-order valence-electron chi connectivity index (χ1n) is 11.4. The molecule has 0 bridgehead atoms. The van der Waals surface area contributed by atoms with Crippen molar-refractivity contribution in [2.45, 2.75) is 0 Å². The third-order valence-corrected chi connectivity index (χ3v) is 6.99. The van der Waals surface area contributed by atoms with Crippen molar-refractivity contribution < 1.29 is 4.42 Å². The van der Waals surface area contributed by atoms with Gasteiger partial charge in [0.1, 0.15) is 11.2 Å². The summed E-state index contributed by atoms with van der Waals surface area (Å²) in [6.07, 6.45) is 0. The Balaban J connectivity index is 1.44. The fourth-order valence-corrected chi connectivity index (χ4v) is 5.13. The maximum atomic E-state index is 13.1. The molecule has 4 aromatic carbocycles. The summed E-state index contributed by atoms with van der Waals surface area (Å²) in [6, 6.07) is 30.6. The van der Waals surface area contributed by atoms with Crippen LogP contribution in [0.5, 0.6) is 0 Å². The van der Waals surface area contributed by atoms with Gasteiger partial charge >= 0.3 is 0 Å². The topological polar surface area (TPSA) is 81.8 Å². The van der Waals surface area contributed by atoms with Crippen LogP contribution in [0, 0.1) is 0 Å². The van der Waals surface area contributed by atoms with Gasteiger partial charge in [0.25, 0.3) is 0 Å². The maximum Gasteiger partial charge on any atom is 0.200 e. The number of fused-ring (bicyclic) bond motifs is 3. The minimum Gasteiger partial charge on any atom is -0.456 e. The van der Waals surface area contributed by atoms with Crippen LogP contribution in [0.25, 0.3) is 65.8 Å². The minimum atomic E-state index is -0.0683. The zero-order valence-corrected chi connectivity index (χ0v) is 19.6. The molecule has 7 aromatic rings. The largest absolute Gasteiger partial charge is 0.456 e. The van der Waals surface area contributed by atoms with Crippen LogP contribution in [-0.2, 0) is 0 Å². The van der Waals surface area contributed by atoms with Gasteiger partial charge < -0.3 is 4.42 Å². The third-order valence-electron chi connectivity index (χ3n) is 5.98. The fourth-order valence-electron chi connectivity index (χ4n) is 4.22. The van der Waals surface area contributed by atoms with Crippen LogP contribution in [0.4, 0.5) is 0 Å². The molecule has 3 aromatic heterocycles. The van der Waals surface area contributed by atoms with E-state index >= 15 is 0 Å². The van der Waals surface area contributed by atoms with E-state index in [2.05, 4.69) is 0 Å². The standard InChI is InChI=1S/C29H16N4O2S/c34-25-19-13-7-8-14-22(19)35-23-16-24-21(15-20(23)25)30-29(36-24)28-32-26(17-9-3-1-4-10-17)31-27(33-28)18-11-5-2-6-12-18/h1-16H. The molecule has 0 N–H and O–H groups in total. The number of thiazole rings is 1. The monoisotopic (exact) mass is 484 g/mol. The van der Waals surface area contributed by atoms with Crippen molar-refractivity contribution in [2.75, 3.05) is 0 Å². The molecule has 0 aliphatic rings. The summed E-state index contributed by atoms with van der Waals surface area (Å²) >= 11 is 1.46. The molecule has 0 saturated heterocycles. The molecule has 6 nitrogen and oxygen atoms in total. The summed E-state index contributed by atoms with van der Waals surface area (Å²) in [4.78, 5) is 32.2. The van der Waals surface area contributed by atoms with Crippen molar-refractivity contribution in [1.29, 1.82) is 0 Å². The lowest BCUT2D eigenvalue weighted by Gasteiger charge is -2.06. The highest BCUT2D eigenvalue weighted by molar-refractivity contribution is 7.21. The molecule has 7 heteroatoms. The highest BCUT2D eigenvalue weighted by Gasteiger charge is 2.17. The quantitative estimate of drug-likeness (QED) is 0.258. The number of para-hydroxylation sites is 1. The second kappa shape index (κ2) is 8.18. The van der Waals surface area contributed by atoms with Gasteiger partial charge in [-0.2, -0.15) is 0 Å². The van der Waals surface area contributed by atoms with E-state index in [1.165, 1.54) is 11.3 Å². The van der Waals surface area contributed by atoms with Gasteiger partial charge in [-0.1, -0.05) is 72.8 Å². The van der Waals surface area contributed by atoms with Crippen LogP contribution in [0.2, 0.25) is 0 Å². The second-order valence-electron chi connectivity index (χ2n) is 8.30. The second-order valence-corrected chi connectivity index (χ2v) is 9.33. The highest BCUT2D eigenvalue weighted by atomic mass is 32.1. The Kier molecular flexibility index (Phi) is 4.68. The van der Waals surface area contributed by atoms with Gasteiger partial charge in [-0.25, -0.2) is 19.9 Å². The number of benzene rings is 4. The average Bonchev–Trinajstić information content (AvgIpc) is 3.36. The van der Waals surface area contributed by atoms with Crippen molar-refractivity contribution in [3.05, 3.63) is 107 Å². The molecule has 0 aliphatic carbocycles. The van der Waals surface area contributed by atoms with Gasteiger partial charge in [-0.05, 0) is 18.2 Å². The van der Waals surface area contributed by atoms with Crippen molar-refractivity contribution in [3.8, 4) is 33.6 Å². The van der Waals surface area contributed by atoms with Gasteiger partial charge in [0.2, 0.25) is 5.43 Å². The molecule has 0 radical (unpaired) electrons. The fraction of sp³-hybridized carbons (Fsp3) is 0. The van der Waals surface area contributed by atoms with Gasteiger partial charge in [0.15, 0.2) is 22.5 Å². The molecule has 0 aliphatic heterocycles.